The van der Waals surface area contributed by atoms with Crippen molar-refractivity contribution < 1.29 is 27.7 Å². The average Bonchev–Trinajstić information content (AvgIpc) is 3.90. The normalized spacial score (nSPS) is 53.0. The third-order valence-corrected chi connectivity index (χ3v) is 26.8. The number of hydrogen-bond acceptors (Lipinski definition) is 6. The zero-order chi connectivity index (χ0) is 45.1. The van der Waals surface area contributed by atoms with Crippen LogP contribution < -0.4 is 0 Å². The molecule has 12 aliphatic carbocycles. The van der Waals surface area contributed by atoms with Gasteiger partial charge in [0.15, 0.2) is 17.3 Å². The molecule has 18 unspecified atom stereocenters. The molecule has 9 fully saturated rings. The van der Waals surface area contributed by atoms with Gasteiger partial charge >= 0.3 is 8.80 Å². The lowest BCUT2D eigenvalue weighted by molar-refractivity contribution is -0.129. The molecule has 0 aromatic rings. The van der Waals surface area contributed by atoms with Gasteiger partial charge in [-0.25, -0.2) is 0 Å². The molecule has 0 aromatic carbocycles. The second kappa shape index (κ2) is 15.2. The molecule has 0 N–H and O–H groups in total. The molecule has 0 saturated heterocycles. The van der Waals surface area contributed by atoms with Gasteiger partial charge in [0.2, 0.25) is 0 Å². The molecular formula is C58H84O6Si. The number of hydrogen-bond donors (Lipinski definition) is 0. The standard InChI is InChI=1S/C58H84O6Si/c1-53-26-20-38(59)32-35(53)8-11-41-44-14-17-50(56(44,4)29-23-47(41)53)62-65(7,63-51-18-15-45-42-12-9-36-33-39(60)21-27-54(36,2)48(42)24-30-57(45,51)5)64-52-19-16-46-43-13-10-37-34-40(61)22-28-55(37,3)49(43)25-31-58(46,52)6/h32-34,41-52H,8-31H2,1-7H3. The number of allylic oxidation sites excluding steroid dienone is 3. The maximum atomic E-state index is 12.6. The Hall–Kier alpha value is -1.67. The van der Waals surface area contributed by atoms with Gasteiger partial charge in [0, 0.05) is 25.8 Å². The Morgan fingerprint density at radius 1 is 0.385 bits per heavy atom. The molecule has 18 atom stereocenters. The molecule has 12 aliphatic rings. The van der Waals surface area contributed by atoms with Crippen molar-refractivity contribution >= 4 is 26.2 Å². The molecule has 0 amide bonds. The zero-order valence-electron chi connectivity index (χ0n) is 41.6. The molecule has 0 radical (unpaired) electrons. The van der Waals surface area contributed by atoms with Crippen LogP contribution in [0.2, 0.25) is 6.55 Å². The summed E-state index contributed by atoms with van der Waals surface area (Å²) < 4.78 is 23.8. The summed E-state index contributed by atoms with van der Waals surface area (Å²) in [5.74, 6) is 7.12. The molecule has 6 nitrogen and oxygen atoms in total. The van der Waals surface area contributed by atoms with Crippen LogP contribution in [0, 0.1) is 85.8 Å². The van der Waals surface area contributed by atoms with Crippen molar-refractivity contribution in [3.8, 4) is 0 Å². The first-order chi connectivity index (χ1) is 30.9. The van der Waals surface area contributed by atoms with Crippen LogP contribution >= 0.6 is 0 Å². The number of carbonyl (C=O) groups excluding carboxylic acids is 3. The van der Waals surface area contributed by atoms with Crippen LogP contribution in [-0.4, -0.2) is 44.5 Å². The monoisotopic (exact) mass is 905 g/mol. The molecular weight excluding hydrogens is 821 g/mol. The predicted octanol–water partition coefficient (Wildman–Crippen LogP) is 13.3. The van der Waals surface area contributed by atoms with E-state index >= 15 is 0 Å². The Kier molecular flexibility index (Phi) is 10.4. The van der Waals surface area contributed by atoms with Crippen molar-refractivity contribution in [3.05, 3.63) is 34.9 Å². The summed E-state index contributed by atoms with van der Waals surface area (Å²) in [5, 5.41) is 0. The van der Waals surface area contributed by atoms with E-state index in [2.05, 4.69) is 66.3 Å². The summed E-state index contributed by atoms with van der Waals surface area (Å²) in [7, 11) is -3.24. The van der Waals surface area contributed by atoms with E-state index in [1.54, 1.807) is 0 Å². The maximum absolute atomic E-state index is 12.6. The summed E-state index contributed by atoms with van der Waals surface area (Å²) in [6, 6.07) is 0. The Labute approximate surface area is 393 Å². The lowest BCUT2D eigenvalue weighted by atomic mass is 9.47. The van der Waals surface area contributed by atoms with Gasteiger partial charge in [-0.1, -0.05) is 58.3 Å². The van der Waals surface area contributed by atoms with Crippen molar-refractivity contribution in [3.63, 3.8) is 0 Å². The minimum absolute atomic E-state index is 0.110. The number of ketones is 3. The quantitative estimate of drug-likeness (QED) is 0.247. The molecule has 0 bridgehead atoms. The van der Waals surface area contributed by atoms with Gasteiger partial charge in [-0.05, 0) is 239 Å². The Bertz CT molecular complexity index is 1890. The van der Waals surface area contributed by atoms with E-state index in [0.29, 0.717) is 70.6 Å². The number of rotatable bonds is 6. The van der Waals surface area contributed by atoms with Gasteiger partial charge < -0.3 is 13.3 Å². The van der Waals surface area contributed by atoms with Crippen LogP contribution in [0.5, 0.6) is 0 Å². The van der Waals surface area contributed by atoms with Crippen LogP contribution in [-0.2, 0) is 27.7 Å². The molecule has 65 heavy (non-hydrogen) atoms. The minimum atomic E-state index is -3.24. The van der Waals surface area contributed by atoms with Crippen molar-refractivity contribution in [2.75, 3.05) is 0 Å². The van der Waals surface area contributed by atoms with Crippen LogP contribution in [0.25, 0.3) is 0 Å². The van der Waals surface area contributed by atoms with E-state index in [0.717, 1.165) is 77.0 Å². The second-order valence-electron chi connectivity index (χ2n) is 27.0. The molecule has 0 heterocycles. The summed E-state index contributed by atoms with van der Waals surface area (Å²) in [6.45, 7) is 17.7. The Balaban J connectivity index is 0.828. The highest BCUT2D eigenvalue weighted by Crippen LogP contribution is 2.70. The summed E-state index contributed by atoms with van der Waals surface area (Å²) in [6.07, 6.45) is 33.2. The van der Waals surface area contributed by atoms with Gasteiger partial charge in [0.05, 0.1) is 18.3 Å². The zero-order valence-corrected chi connectivity index (χ0v) is 42.6. The molecule has 7 heteroatoms. The van der Waals surface area contributed by atoms with Crippen LogP contribution in [0.4, 0.5) is 0 Å². The topological polar surface area (TPSA) is 78.9 Å². The summed E-state index contributed by atoms with van der Waals surface area (Å²) in [4.78, 5) is 37.8. The number of fused-ring (bicyclic) bond motifs is 15. The molecule has 0 spiro atoms. The van der Waals surface area contributed by atoms with E-state index in [1.807, 2.05) is 0 Å². The first kappa shape index (κ1) is 44.5. The largest absolute Gasteiger partial charge is 0.498 e. The average molecular weight is 905 g/mol. The van der Waals surface area contributed by atoms with Gasteiger partial charge in [-0.3, -0.25) is 14.4 Å². The van der Waals surface area contributed by atoms with Gasteiger partial charge in [0.1, 0.15) is 0 Å². The third-order valence-electron chi connectivity index (χ3n) is 24.7. The van der Waals surface area contributed by atoms with Gasteiger partial charge in [0.25, 0.3) is 0 Å². The van der Waals surface area contributed by atoms with Gasteiger partial charge in [-0.2, -0.15) is 0 Å². The van der Waals surface area contributed by atoms with Crippen LogP contribution in [0.15, 0.2) is 34.9 Å². The van der Waals surface area contributed by atoms with Crippen molar-refractivity contribution in [2.45, 2.75) is 221 Å². The molecule has 0 aromatic heterocycles. The molecule has 356 valence electrons. The van der Waals surface area contributed by atoms with E-state index in [4.69, 9.17) is 13.3 Å². The van der Waals surface area contributed by atoms with E-state index in [-0.39, 0.29) is 50.8 Å². The van der Waals surface area contributed by atoms with E-state index < -0.39 is 8.80 Å². The highest BCUT2D eigenvalue weighted by Gasteiger charge is 2.66. The maximum Gasteiger partial charge on any atom is 0.498 e. The van der Waals surface area contributed by atoms with Gasteiger partial charge in [-0.15, -0.1) is 0 Å². The Morgan fingerprint density at radius 3 is 0.969 bits per heavy atom. The summed E-state index contributed by atoms with van der Waals surface area (Å²) in [5.41, 5.74) is 5.25. The molecule has 12 rings (SSSR count). The van der Waals surface area contributed by atoms with Crippen molar-refractivity contribution in [1.29, 1.82) is 0 Å². The third kappa shape index (κ3) is 6.46. The second-order valence-corrected chi connectivity index (χ2v) is 29.4. The fourth-order valence-electron chi connectivity index (χ4n) is 21.0. The van der Waals surface area contributed by atoms with Crippen molar-refractivity contribution in [1.82, 2.24) is 0 Å². The fourth-order valence-corrected chi connectivity index (χ4v) is 23.9. The molecule has 0 aliphatic heterocycles. The smallest absolute Gasteiger partial charge is 0.370 e. The highest BCUT2D eigenvalue weighted by molar-refractivity contribution is 6.59. The molecule has 9 saturated carbocycles. The van der Waals surface area contributed by atoms with Crippen LogP contribution in [0.1, 0.15) is 196 Å². The van der Waals surface area contributed by atoms with Crippen LogP contribution in [0.3, 0.4) is 0 Å². The first-order valence-corrected chi connectivity index (χ1v) is 29.9. The minimum Gasteiger partial charge on any atom is -0.370 e. The highest BCUT2D eigenvalue weighted by atomic mass is 28.4. The lowest BCUT2D eigenvalue weighted by Gasteiger charge is -2.59. The first-order valence-electron chi connectivity index (χ1n) is 27.7. The van der Waals surface area contributed by atoms with E-state index in [9.17, 15) is 14.4 Å². The lowest BCUT2D eigenvalue weighted by Crippen LogP contribution is -2.59. The number of carbonyl (C=O) groups is 3. The van der Waals surface area contributed by atoms with E-state index in [1.165, 1.54) is 93.8 Å². The predicted molar refractivity (Wildman–Crippen MR) is 256 cm³/mol. The summed E-state index contributed by atoms with van der Waals surface area (Å²) >= 11 is 0. The SMILES string of the molecule is CC12CCC(=O)C=C1CCC1C2CCC2(C)C(O[Si](C)(OC3CCC4C5CCC6=CC(=O)CCC6(C)C5CCC34C)OC3CCC4C5CCC6=CC(=O)CCC6(C)C5CCC34C)CCC12. The Morgan fingerprint density at radius 2 is 0.677 bits per heavy atom. The van der Waals surface area contributed by atoms with Crippen molar-refractivity contribution in [2.24, 2.45) is 85.8 Å². The fraction of sp³-hybridized carbons (Fsp3) is 0.845.